The Morgan fingerprint density at radius 2 is 1.86 bits per heavy atom. The van der Waals surface area contributed by atoms with Gasteiger partial charge in [-0.1, -0.05) is 36.4 Å². The van der Waals surface area contributed by atoms with Crippen LogP contribution in [0.2, 0.25) is 0 Å². The Balaban J connectivity index is 1.91. The average Bonchev–Trinajstić information content (AvgIpc) is 2.62. The molecule has 2 heteroatoms. The standard InChI is InChI=1S/C19H22N2/c1-14-7-8-16-12-15-5-3-4-6-17(15)19-13-20(2)9-10-21(19)18(16)11-14/h3-8,11,19H,9-10,12-13H2,1-2H3/t19-/m0/s1. The maximum atomic E-state index is 2.63. The highest BCUT2D eigenvalue weighted by Gasteiger charge is 2.31. The number of hydrogen-bond donors (Lipinski definition) is 0. The lowest BCUT2D eigenvalue weighted by Gasteiger charge is -2.42. The summed E-state index contributed by atoms with van der Waals surface area (Å²) in [6.45, 7) is 5.58. The van der Waals surface area contributed by atoms with Crippen LogP contribution >= 0.6 is 0 Å². The maximum absolute atomic E-state index is 2.63. The monoisotopic (exact) mass is 278 g/mol. The summed E-state index contributed by atoms with van der Waals surface area (Å²) in [5.74, 6) is 0. The third-order valence-electron chi connectivity index (χ3n) is 4.93. The molecule has 0 aromatic heterocycles. The SMILES string of the molecule is Cc1ccc2c(c1)N1CCN(C)C[C@H]1c1ccccc1C2. The Bertz CT molecular complexity index is 677. The smallest absolute Gasteiger partial charge is 0.0672 e. The van der Waals surface area contributed by atoms with Gasteiger partial charge in [-0.25, -0.2) is 0 Å². The largest absolute Gasteiger partial charge is 0.362 e. The van der Waals surface area contributed by atoms with Gasteiger partial charge in [0.25, 0.3) is 0 Å². The number of benzene rings is 2. The van der Waals surface area contributed by atoms with Gasteiger partial charge in [0.05, 0.1) is 6.04 Å². The molecule has 1 fully saturated rings. The van der Waals surface area contributed by atoms with Gasteiger partial charge >= 0.3 is 0 Å². The van der Waals surface area contributed by atoms with Crippen molar-refractivity contribution in [3.8, 4) is 0 Å². The average molecular weight is 278 g/mol. The number of hydrogen-bond acceptors (Lipinski definition) is 2. The number of aryl methyl sites for hydroxylation is 1. The maximum Gasteiger partial charge on any atom is 0.0672 e. The van der Waals surface area contributed by atoms with Gasteiger partial charge in [-0.15, -0.1) is 0 Å². The number of nitrogens with zero attached hydrogens (tertiary/aromatic N) is 2. The number of fused-ring (bicyclic) bond motifs is 5. The summed E-state index contributed by atoms with van der Waals surface area (Å²) in [7, 11) is 2.24. The van der Waals surface area contributed by atoms with Crippen LogP contribution in [0.5, 0.6) is 0 Å². The second-order valence-corrected chi connectivity index (χ2v) is 6.48. The zero-order valence-corrected chi connectivity index (χ0v) is 12.8. The summed E-state index contributed by atoms with van der Waals surface area (Å²) in [6.07, 6.45) is 1.06. The van der Waals surface area contributed by atoms with Crippen molar-refractivity contribution in [2.45, 2.75) is 19.4 Å². The number of piperazine rings is 1. The highest BCUT2D eigenvalue weighted by Crippen LogP contribution is 2.39. The summed E-state index contributed by atoms with van der Waals surface area (Å²) in [6, 6.07) is 16.4. The van der Waals surface area contributed by atoms with Gasteiger partial charge in [-0.05, 0) is 48.7 Å². The lowest BCUT2D eigenvalue weighted by atomic mass is 9.96. The van der Waals surface area contributed by atoms with Gasteiger partial charge in [-0.3, -0.25) is 0 Å². The molecule has 0 unspecified atom stereocenters. The molecule has 1 atom stereocenters. The molecule has 0 aliphatic carbocycles. The van der Waals surface area contributed by atoms with Crippen molar-refractivity contribution in [2.75, 3.05) is 31.6 Å². The molecule has 108 valence electrons. The van der Waals surface area contributed by atoms with Crippen LogP contribution in [0.3, 0.4) is 0 Å². The highest BCUT2D eigenvalue weighted by molar-refractivity contribution is 5.62. The molecule has 0 bridgehead atoms. The quantitative estimate of drug-likeness (QED) is 0.729. The van der Waals surface area contributed by atoms with E-state index in [1.165, 1.54) is 27.9 Å². The van der Waals surface area contributed by atoms with E-state index >= 15 is 0 Å². The van der Waals surface area contributed by atoms with Crippen LogP contribution in [-0.4, -0.2) is 31.6 Å². The fraction of sp³-hybridized carbons (Fsp3) is 0.368. The molecule has 2 aromatic carbocycles. The molecular weight excluding hydrogens is 256 g/mol. The van der Waals surface area contributed by atoms with E-state index in [2.05, 4.69) is 66.2 Å². The summed E-state index contributed by atoms with van der Waals surface area (Å²) >= 11 is 0. The lowest BCUT2D eigenvalue weighted by Crippen LogP contribution is -2.46. The lowest BCUT2D eigenvalue weighted by molar-refractivity contribution is 0.269. The molecule has 0 saturated carbocycles. The highest BCUT2D eigenvalue weighted by atomic mass is 15.3. The first-order valence-corrected chi connectivity index (χ1v) is 7.85. The van der Waals surface area contributed by atoms with Gasteiger partial charge in [0, 0.05) is 25.3 Å². The third kappa shape index (κ3) is 2.14. The van der Waals surface area contributed by atoms with E-state index in [-0.39, 0.29) is 0 Å². The molecule has 1 saturated heterocycles. The van der Waals surface area contributed by atoms with Crippen LogP contribution in [0.1, 0.15) is 28.3 Å². The predicted octanol–water partition coefficient (Wildman–Crippen LogP) is 3.39. The Kier molecular flexibility index (Phi) is 3.00. The normalized spacial score (nSPS) is 21.2. The summed E-state index contributed by atoms with van der Waals surface area (Å²) in [5.41, 5.74) is 7.28. The molecule has 2 aliphatic heterocycles. The predicted molar refractivity (Wildman–Crippen MR) is 88.0 cm³/mol. The molecule has 2 aromatic rings. The van der Waals surface area contributed by atoms with Crippen molar-refractivity contribution in [1.82, 2.24) is 4.90 Å². The van der Waals surface area contributed by atoms with Gasteiger partial charge in [0.1, 0.15) is 0 Å². The zero-order valence-electron chi connectivity index (χ0n) is 12.8. The van der Waals surface area contributed by atoms with Gasteiger partial charge in [-0.2, -0.15) is 0 Å². The fourth-order valence-electron chi connectivity index (χ4n) is 3.79. The topological polar surface area (TPSA) is 6.48 Å². The summed E-state index contributed by atoms with van der Waals surface area (Å²) in [5, 5.41) is 0. The van der Waals surface area contributed by atoms with E-state index in [1.54, 1.807) is 0 Å². The van der Waals surface area contributed by atoms with Gasteiger partial charge in [0.15, 0.2) is 0 Å². The molecule has 4 rings (SSSR count). The van der Waals surface area contributed by atoms with E-state index in [9.17, 15) is 0 Å². The molecule has 0 amide bonds. The van der Waals surface area contributed by atoms with E-state index in [0.717, 1.165) is 26.1 Å². The van der Waals surface area contributed by atoms with Crippen molar-refractivity contribution in [2.24, 2.45) is 0 Å². The molecule has 21 heavy (non-hydrogen) atoms. The molecule has 2 heterocycles. The number of anilines is 1. The second kappa shape index (κ2) is 4.88. The Morgan fingerprint density at radius 1 is 1.00 bits per heavy atom. The van der Waals surface area contributed by atoms with E-state index in [0.29, 0.717) is 6.04 Å². The summed E-state index contributed by atoms with van der Waals surface area (Å²) in [4.78, 5) is 5.09. The molecule has 2 nitrogen and oxygen atoms in total. The zero-order chi connectivity index (χ0) is 14.4. The number of rotatable bonds is 0. The second-order valence-electron chi connectivity index (χ2n) is 6.48. The van der Waals surface area contributed by atoms with Gasteiger partial charge < -0.3 is 9.80 Å². The van der Waals surface area contributed by atoms with Crippen molar-refractivity contribution in [1.29, 1.82) is 0 Å². The van der Waals surface area contributed by atoms with Crippen LogP contribution in [0.15, 0.2) is 42.5 Å². The Morgan fingerprint density at radius 3 is 2.76 bits per heavy atom. The van der Waals surface area contributed by atoms with Crippen LogP contribution in [0.4, 0.5) is 5.69 Å². The van der Waals surface area contributed by atoms with E-state index < -0.39 is 0 Å². The first kappa shape index (κ1) is 12.9. The van der Waals surface area contributed by atoms with Gasteiger partial charge in [0.2, 0.25) is 0 Å². The molecule has 2 aliphatic rings. The molecule has 0 spiro atoms. The van der Waals surface area contributed by atoms with Crippen LogP contribution in [0, 0.1) is 6.92 Å². The minimum atomic E-state index is 0.489. The first-order valence-electron chi connectivity index (χ1n) is 7.85. The third-order valence-corrected chi connectivity index (χ3v) is 4.93. The van der Waals surface area contributed by atoms with Crippen molar-refractivity contribution in [3.05, 3.63) is 64.7 Å². The van der Waals surface area contributed by atoms with Crippen LogP contribution < -0.4 is 4.90 Å². The Hall–Kier alpha value is -1.80. The minimum Gasteiger partial charge on any atom is -0.362 e. The van der Waals surface area contributed by atoms with Crippen molar-refractivity contribution >= 4 is 5.69 Å². The fourth-order valence-corrected chi connectivity index (χ4v) is 3.79. The Labute approximate surface area is 127 Å². The summed E-state index contributed by atoms with van der Waals surface area (Å²) < 4.78 is 0. The van der Waals surface area contributed by atoms with Crippen molar-refractivity contribution in [3.63, 3.8) is 0 Å². The minimum absolute atomic E-state index is 0.489. The van der Waals surface area contributed by atoms with Crippen LogP contribution in [-0.2, 0) is 6.42 Å². The first-order chi connectivity index (χ1) is 10.2. The number of likely N-dealkylation sites (N-methyl/N-ethyl adjacent to an activating group) is 1. The molecule has 0 N–H and O–H groups in total. The van der Waals surface area contributed by atoms with E-state index in [1.807, 2.05) is 0 Å². The van der Waals surface area contributed by atoms with E-state index in [4.69, 9.17) is 0 Å². The van der Waals surface area contributed by atoms with Crippen LogP contribution in [0.25, 0.3) is 0 Å². The molecule has 0 radical (unpaired) electrons. The van der Waals surface area contributed by atoms with Crippen molar-refractivity contribution < 1.29 is 0 Å². The molecular formula is C19H22N2.